The second-order valence-electron chi connectivity index (χ2n) is 7.96. The predicted octanol–water partition coefficient (Wildman–Crippen LogP) is 6.52. The number of alkyl halides is 1. The first-order chi connectivity index (χ1) is 13.7. The highest BCUT2D eigenvalue weighted by Gasteiger charge is 2.53. The molecule has 0 saturated heterocycles. The number of carbonyl (C=O) groups excluding carboxylic acids is 1. The molecule has 0 radical (unpaired) electrons. The molecule has 1 aliphatic rings. The number of benzene rings is 2. The molecule has 3 rings (SSSR count). The summed E-state index contributed by atoms with van der Waals surface area (Å²) in [6, 6.07) is 15.9. The van der Waals surface area contributed by atoms with Crippen molar-refractivity contribution in [3.05, 3.63) is 64.7 Å². The number of carbonyl (C=O) groups is 1. The van der Waals surface area contributed by atoms with Crippen LogP contribution in [0.15, 0.2) is 48.5 Å². The standard InChI is InChI=1S/C23H27ClINO3/c1-22(2,25)29-21(27)23(12-7-13-23)20(28-3)17-10-11-18(24)19(14-17)26-15-16-8-5-4-6-9-16/h4-6,8-11,14,20,26H,7,12-13,15H2,1-3H3. The molecule has 1 fully saturated rings. The lowest BCUT2D eigenvalue weighted by molar-refractivity contribution is -0.181. The van der Waals surface area contributed by atoms with E-state index < -0.39 is 9.02 Å². The van der Waals surface area contributed by atoms with Gasteiger partial charge in [-0.05, 0) is 72.5 Å². The second-order valence-corrected chi connectivity index (χ2v) is 11.0. The van der Waals surface area contributed by atoms with Crippen LogP contribution in [-0.2, 0) is 20.8 Å². The molecule has 1 aliphatic carbocycles. The van der Waals surface area contributed by atoms with Crippen LogP contribution in [0.3, 0.4) is 0 Å². The molecule has 1 unspecified atom stereocenters. The fourth-order valence-electron chi connectivity index (χ4n) is 3.77. The maximum Gasteiger partial charge on any atom is 0.316 e. The van der Waals surface area contributed by atoms with Gasteiger partial charge in [-0.25, -0.2) is 0 Å². The fraction of sp³-hybridized carbons (Fsp3) is 0.435. The molecule has 0 heterocycles. The Labute approximate surface area is 191 Å². The number of rotatable bonds is 8. The average Bonchev–Trinajstić information content (AvgIpc) is 2.63. The SMILES string of the molecule is COC(c1ccc(Cl)c(NCc2ccccc2)c1)C1(C(=O)OC(C)(C)I)CCC1. The van der Waals surface area contributed by atoms with Crippen LogP contribution in [0, 0.1) is 5.41 Å². The molecule has 0 aliphatic heterocycles. The number of hydrogen-bond acceptors (Lipinski definition) is 4. The summed E-state index contributed by atoms with van der Waals surface area (Å²) in [7, 11) is 1.65. The Morgan fingerprint density at radius 1 is 1.24 bits per heavy atom. The van der Waals surface area contributed by atoms with Crippen LogP contribution in [0.4, 0.5) is 5.69 Å². The summed E-state index contributed by atoms with van der Waals surface area (Å²) in [5, 5.41) is 4.04. The third kappa shape index (κ3) is 5.25. The zero-order chi connectivity index (χ0) is 21.1. The summed E-state index contributed by atoms with van der Waals surface area (Å²) in [6.45, 7) is 4.43. The van der Waals surface area contributed by atoms with Crippen LogP contribution < -0.4 is 5.32 Å². The minimum atomic E-state index is -0.651. The van der Waals surface area contributed by atoms with Crippen molar-refractivity contribution in [2.24, 2.45) is 5.41 Å². The van der Waals surface area contributed by atoms with Gasteiger partial charge in [0.2, 0.25) is 0 Å². The molecule has 0 bridgehead atoms. The van der Waals surface area contributed by atoms with Crippen LogP contribution in [-0.4, -0.2) is 16.7 Å². The van der Waals surface area contributed by atoms with E-state index in [1.165, 1.54) is 5.56 Å². The summed E-state index contributed by atoms with van der Waals surface area (Å²) in [5.74, 6) is -0.191. The van der Waals surface area contributed by atoms with E-state index in [4.69, 9.17) is 21.1 Å². The van der Waals surface area contributed by atoms with Gasteiger partial charge < -0.3 is 14.8 Å². The molecule has 4 nitrogen and oxygen atoms in total. The Bertz CT molecular complexity index is 847. The zero-order valence-electron chi connectivity index (χ0n) is 17.0. The molecule has 6 heteroatoms. The monoisotopic (exact) mass is 527 g/mol. The third-order valence-electron chi connectivity index (χ3n) is 5.34. The van der Waals surface area contributed by atoms with Crippen LogP contribution >= 0.6 is 34.2 Å². The molecule has 2 aromatic carbocycles. The molecular formula is C23H27ClINO3. The molecule has 156 valence electrons. The van der Waals surface area contributed by atoms with Crippen LogP contribution in [0.5, 0.6) is 0 Å². The Balaban J connectivity index is 1.84. The van der Waals surface area contributed by atoms with E-state index in [1.54, 1.807) is 7.11 Å². The first-order valence-corrected chi connectivity index (χ1v) is 11.2. The predicted molar refractivity (Wildman–Crippen MR) is 125 cm³/mol. The molecule has 0 amide bonds. The van der Waals surface area contributed by atoms with Crippen molar-refractivity contribution in [2.75, 3.05) is 12.4 Å². The summed E-state index contributed by atoms with van der Waals surface area (Å²) in [4.78, 5) is 13.1. The van der Waals surface area contributed by atoms with Gasteiger partial charge in [-0.2, -0.15) is 0 Å². The highest BCUT2D eigenvalue weighted by molar-refractivity contribution is 14.1. The van der Waals surface area contributed by atoms with Gasteiger partial charge >= 0.3 is 5.97 Å². The number of esters is 1. The van der Waals surface area contributed by atoms with Gasteiger partial charge in [0.15, 0.2) is 3.61 Å². The van der Waals surface area contributed by atoms with E-state index in [-0.39, 0.29) is 12.1 Å². The molecule has 1 atom stereocenters. The molecule has 1 N–H and O–H groups in total. The van der Waals surface area contributed by atoms with Gasteiger partial charge in [0, 0.05) is 13.7 Å². The van der Waals surface area contributed by atoms with E-state index >= 15 is 0 Å². The van der Waals surface area contributed by atoms with E-state index in [0.29, 0.717) is 11.6 Å². The Morgan fingerprint density at radius 3 is 2.48 bits per heavy atom. The average molecular weight is 528 g/mol. The summed E-state index contributed by atoms with van der Waals surface area (Å²) < 4.78 is 11.0. The minimum absolute atomic E-state index is 0.191. The first-order valence-electron chi connectivity index (χ1n) is 9.77. The van der Waals surface area contributed by atoms with Crippen molar-refractivity contribution in [3.63, 3.8) is 0 Å². The lowest BCUT2D eigenvalue weighted by atomic mass is 9.63. The van der Waals surface area contributed by atoms with E-state index in [0.717, 1.165) is 30.5 Å². The highest BCUT2D eigenvalue weighted by atomic mass is 127. The zero-order valence-corrected chi connectivity index (χ0v) is 19.9. The lowest BCUT2D eigenvalue weighted by Crippen LogP contribution is -2.47. The van der Waals surface area contributed by atoms with Gasteiger partial charge in [0.25, 0.3) is 0 Å². The Hall–Kier alpha value is -1.31. The maximum absolute atomic E-state index is 13.1. The smallest absolute Gasteiger partial charge is 0.316 e. The van der Waals surface area contributed by atoms with E-state index in [9.17, 15) is 4.79 Å². The summed E-state index contributed by atoms with van der Waals surface area (Å²) in [5.41, 5.74) is 2.27. The minimum Gasteiger partial charge on any atom is -0.448 e. The molecule has 1 saturated carbocycles. The van der Waals surface area contributed by atoms with Crippen molar-refractivity contribution in [2.45, 2.75) is 49.4 Å². The van der Waals surface area contributed by atoms with Crippen molar-refractivity contribution in [1.29, 1.82) is 0 Å². The van der Waals surface area contributed by atoms with Gasteiger partial charge in [-0.3, -0.25) is 4.79 Å². The second kappa shape index (κ2) is 9.23. The lowest BCUT2D eigenvalue weighted by Gasteiger charge is -2.45. The number of methoxy groups -OCH3 is 1. The van der Waals surface area contributed by atoms with Gasteiger partial charge in [0.1, 0.15) is 0 Å². The normalized spacial score (nSPS) is 16.6. The maximum atomic E-state index is 13.1. The van der Waals surface area contributed by atoms with Crippen molar-refractivity contribution in [3.8, 4) is 0 Å². The van der Waals surface area contributed by atoms with Crippen molar-refractivity contribution < 1.29 is 14.3 Å². The van der Waals surface area contributed by atoms with Crippen LogP contribution in [0.2, 0.25) is 5.02 Å². The van der Waals surface area contributed by atoms with E-state index in [2.05, 4.69) is 40.0 Å². The first kappa shape index (κ1) is 22.4. The summed E-state index contributed by atoms with van der Waals surface area (Å²) >= 11 is 8.56. The van der Waals surface area contributed by atoms with Crippen LogP contribution in [0.25, 0.3) is 0 Å². The Morgan fingerprint density at radius 2 is 1.93 bits per heavy atom. The number of ether oxygens (including phenoxy) is 2. The third-order valence-corrected chi connectivity index (χ3v) is 5.89. The number of nitrogens with one attached hydrogen (secondary N) is 1. The topological polar surface area (TPSA) is 47.6 Å². The van der Waals surface area contributed by atoms with Gasteiger partial charge in [-0.15, -0.1) is 0 Å². The fourth-order valence-corrected chi connectivity index (χ4v) is 4.15. The summed E-state index contributed by atoms with van der Waals surface area (Å²) in [6.07, 6.45) is 2.12. The number of halogens is 2. The number of hydrogen-bond donors (Lipinski definition) is 1. The Kier molecular flexibility index (Phi) is 7.12. The molecular weight excluding hydrogens is 501 g/mol. The highest BCUT2D eigenvalue weighted by Crippen LogP contribution is 2.53. The van der Waals surface area contributed by atoms with E-state index in [1.807, 2.05) is 50.2 Å². The van der Waals surface area contributed by atoms with Gasteiger partial charge in [0.05, 0.1) is 22.2 Å². The molecule has 0 aromatic heterocycles. The molecule has 29 heavy (non-hydrogen) atoms. The van der Waals surface area contributed by atoms with Crippen molar-refractivity contribution in [1.82, 2.24) is 0 Å². The molecule has 0 spiro atoms. The van der Waals surface area contributed by atoms with Crippen molar-refractivity contribution >= 4 is 45.8 Å². The molecule has 2 aromatic rings. The van der Waals surface area contributed by atoms with Crippen LogP contribution in [0.1, 0.15) is 50.3 Å². The quantitative estimate of drug-likeness (QED) is 0.241. The largest absolute Gasteiger partial charge is 0.448 e. The number of anilines is 1. The van der Waals surface area contributed by atoms with Gasteiger partial charge in [-0.1, -0.05) is 54.4 Å².